The van der Waals surface area contributed by atoms with Gasteiger partial charge >= 0.3 is 0 Å². The second kappa shape index (κ2) is 13.9. The Labute approximate surface area is 273 Å². The topological polar surface area (TPSA) is 136 Å². The van der Waals surface area contributed by atoms with Crippen LogP contribution in [-0.2, 0) is 17.9 Å². The summed E-state index contributed by atoms with van der Waals surface area (Å²) in [6.45, 7) is 2.54. The minimum absolute atomic E-state index is 0.0697. The molecule has 3 heterocycles. The molecule has 11 nitrogen and oxygen atoms in total. The van der Waals surface area contributed by atoms with Crippen molar-refractivity contribution in [3.63, 3.8) is 0 Å². The minimum atomic E-state index is -0.515. The lowest BCUT2D eigenvalue weighted by Crippen LogP contribution is -2.28. The first-order chi connectivity index (χ1) is 22.4. The fourth-order valence-electron chi connectivity index (χ4n) is 5.05. The summed E-state index contributed by atoms with van der Waals surface area (Å²) in [5.74, 6) is 0.0466. The van der Waals surface area contributed by atoms with Crippen molar-refractivity contribution in [2.45, 2.75) is 37.6 Å². The van der Waals surface area contributed by atoms with E-state index in [1.54, 1.807) is 16.3 Å². The summed E-state index contributed by atoms with van der Waals surface area (Å²) < 4.78 is 1.88. The highest BCUT2D eigenvalue weighted by Gasteiger charge is 2.33. The first-order valence-corrected chi connectivity index (χ1v) is 16.3. The van der Waals surface area contributed by atoms with Crippen molar-refractivity contribution >= 4 is 46.3 Å². The molecule has 0 unspecified atom stereocenters. The van der Waals surface area contributed by atoms with E-state index in [0.29, 0.717) is 23.9 Å². The van der Waals surface area contributed by atoms with Crippen molar-refractivity contribution in [3.8, 4) is 0 Å². The van der Waals surface area contributed by atoms with Gasteiger partial charge in [0.05, 0.1) is 40.4 Å². The van der Waals surface area contributed by atoms with E-state index in [1.165, 1.54) is 36.0 Å². The first-order valence-electron chi connectivity index (χ1n) is 14.5. The van der Waals surface area contributed by atoms with Crippen molar-refractivity contribution in [2.75, 3.05) is 5.75 Å². The minimum Gasteiger partial charge on any atom is -0.345 e. The molecule has 3 aromatic carbocycles. The summed E-state index contributed by atoms with van der Waals surface area (Å²) >= 11 is 2.87. The van der Waals surface area contributed by atoms with Crippen molar-refractivity contribution < 1.29 is 14.5 Å². The zero-order valence-corrected chi connectivity index (χ0v) is 26.4. The van der Waals surface area contributed by atoms with Crippen LogP contribution in [0.5, 0.6) is 0 Å². The zero-order valence-electron chi connectivity index (χ0n) is 24.8. The van der Waals surface area contributed by atoms with E-state index < -0.39 is 10.8 Å². The molecule has 0 fully saturated rings. The summed E-state index contributed by atoms with van der Waals surface area (Å²) in [4.78, 5) is 38.0. The Balaban J connectivity index is 1.20. The fraction of sp³-hybridized carbons (Fsp3) is 0.182. The van der Waals surface area contributed by atoms with Gasteiger partial charge in [-0.2, -0.15) is 5.10 Å². The van der Waals surface area contributed by atoms with Gasteiger partial charge in [0.15, 0.2) is 11.0 Å². The van der Waals surface area contributed by atoms with Gasteiger partial charge in [-0.3, -0.25) is 19.7 Å². The lowest BCUT2D eigenvalue weighted by Gasteiger charge is -2.22. The summed E-state index contributed by atoms with van der Waals surface area (Å²) in [7, 11) is 0. The third-order valence-electron chi connectivity index (χ3n) is 7.48. The van der Waals surface area contributed by atoms with Crippen molar-refractivity contribution in [2.24, 2.45) is 5.10 Å². The second-order valence-corrected chi connectivity index (χ2v) is 12.5. The number of aryl methyl sites for hydroxylation is 1. The Bertz CT molecular complexity index is 1870. The molecule has 1 aliphatic heterocycles. The normalized spacial score (nSPS) is 14.2. The van der Waals surface area contributed by atoms with Crippen molar-refractivity contribution in [1.29, 1.82) is 0 Å². The second-order valence-electron chi connectivity index (χ2n) is 10.6. The van der Waals surface area contributed by atoms with Gasteiger partial charge in [-0.25, -0.2) is 5.01 Å². The van der Waals surface area contributed by atoms with Gasteiger partial charge in [-0.15, -0.1) is 21.5 Å². The Morgan fingerprint density at radius 1 is 1.00 bits per heavy atom. The van der Waals surface area contributed by atoms with Gasteiger partial charge < -0.3 is 9.88 Å². The van der Waals surface area contributed by atoms with Crippen LogP contribution in [0.15, 0.2) is 107 Å². The number of nitro benzene ring substituents is 1. The molecule has 0 spiro atoms. The maximum atomic E-state index is 13.7. The number of nitro groups is 1. The number of nitrogens with one attached hydrogen (secondary N) is 1. The monoisotopic (exact) mass is 651 g/mol. The Morgan fingerprint density at radius 3 is 2.46 bits per heavy atom. The van der Waals surface area contributed by atoms with Crippen molar-refractivity contribution in [1.82, 2.24) is 25.1 Å². The number of aromatic nitrogens is 3. The van der Waals surface area contributed by atoms with Crippen LogP contribution in [0, 0.1) is 17.0 Å². The Morgan fingerprint density at radius 2 is 1.76 bits per heavy atom. The quantitative estimate of drug-likeness (QED) is 0.105. The SMILES string of the molecule is Cc1ccc([C@H]2CC(c3cccs3)=NN2C(=O)CSc2nnc(CNC(=O)c3ccc([N+](=O)[O-])cc3)n2Cc2ccccc2)cc1. The van der Waals surface area contributed by atoms with Crippen LogP contribution in [0.2, 0.25) is 0 Å². The maximum absolute atomic E-state index is 13.7. The highest BCUT2D eigenvalue weighted by Crippen LogP contribution is 2.35. The molecule has 6 rings (SSSR count). The number of amides is 2. The third-order valence-corrected chi connectivity index (χ3v) is 9.35. The average Bonchev–Trinajstić information content (AvgIpc) is 3.84. The number of rotatable bonds is 11. The van der Waals surface area contributed by atoms with Crippen LogP contribution < -0.4 is 5.32 Å². The number of thiophene rings is 1. The highest BCUT2D eigenvalue weighted by molar-refractivity contribution is 7.99. The van der Waals surface area contributed by atoms with Gasteiger partial charge in [-0.05, 0) is 41.6 Å². The molecule has 0 radical (unpaired) electrons. The molecular weight excluding hydrogens is 623 g/mol. The van der Waals surface area contributed by atoms with Gasteiger partial charge in [0.2, 0.25) is 0 Å². The molecule has 2 amide bonds. The standard InChI is InChI=1S/C33H29N7O4S2/c1-22-9-11-24(12-10-22)28-18-27(29-8-5-17-45-29)37-39(28)31(41)21-46-33-36-35-30(38(33)20-23-6-3-2-4-7-23)19-34-32(42)25-13-15-26(16-14-25)40(43)44/h2-17,28H,18-21H2,1H3,(H,34,42)/t28-/m1/s1. The summed E-state index contributed by atoms with van der Waals surface area (Å²) in [5.41, 5.74) is 4.25. The van der Waals surface area contributed by atoms with E-state index in [1.807, 2.05) is 83.6 Å². The van der Waals surface area contributed by atoms with Crippen molar-refractivity contribution in [3.05, 3.63) is 139 Å². The number of carbonyl (C=O) groups is 2. The molecule has 0 aliphatic carbocycles. The van der Waals surface area contributed by atoms with Gasteiger partial charge in [0.1, 0.15) is 0 Å². The van der Waals surface area contributed by atoms with E-state index in [-0.39, 0.29) is 35.5 Å². The lowest BCUT2D eigenvalue weighted by molar-refractivity contribution is -0.384. The fourth-order valence-corrected chi connectivity index (χ4v) is 6.58. The first kappa shape index (κ1) is 30.9. The number of carbonyl (C=O) groups excluding carboxylic acids is 2. The largest absolute Gasteiger partial charge is 0.345 e. The van der Waals surface area contributed by atoms with Crippen LogP contribution in [0.4, 0.5) is 5.69 Å². The van der Waals surface area contributed by atoms with Crippen LogP contribution in [0.1, 0.15) is 50.2 Å². The van der Waals surface area contributed by atoms with E-state index in [0.717, 1.165) is 27.3 Å². The van der Waals surface area contributed by atoms with Crippen LogP contribution in [-0.4, -0.2) is 48.0 Å². The predicted octanol–water partition coefficient (Wildman–Crippen LogP) is 6.00. The smallest absolute Gasteiger partial charge is 0.269 e. The van der Waals surface area contributed by atoms with Gasteiger partial charge in [-0.1, -0.05) is 78.0 Å². The van der Waals surface area contributed by atoms with E-state index in [2.05, 4.69) is 15.5 Å². The van der Waals surface area contributed by atoms with E-state index in [9.17, 15) is 19.7 Å². The molecule has 46 heavy (non-hydrogen) atoms. The average molecular weight is 652 g/mol. The number of hydrazone groups is 1. The number of benzene rings is 3. The van der Waals surface area contributed by atoms with E-state index in [4.69, 9.17) is 5.10 Å². The number of thioether (sulfide) groups is 1. The number of hydrogen-bond donors (Lipinski definition) is 1. The Hall–Kier alpha value is -5.14. The number of non-ortho nitro benzene ring substituents is 1. The molecule has 232 valence electrons. The number of hydrogen-bond acceptors (Lipinski definition) is 9. The maximum Gasteiger partial charge on any atom is 0.269 e. The molecule has 1 atom stereocenters. The molecule has 5 aromatic rings. The molecule has 1 N–H and O–H groups in total. The molecular formula is C33H29N7O4S2. The lowest BCUT2D eigenvalue weighted by atomic mass is 10.00. The van der Waals surface area contributed by atoms with Gasteiger partial charge in [0, 0.05) is 24.1 Å². The summed E-state index contributed by atoms with van der Waals surface area (Å²) in [6.07, 6.45) is 0.628. The van der Waals surface area contributed by atoms with Crippen LogP contribution in [0.3, 0.4) is 0 Å². The Kier molecular flexibility index (Phi) is 9.31. The molecule has 0 bridgehead atoms. The van der Waals surface area contributed by atoms with Crippen LogP contribution in [0.25, 0.3) is 0 Å². The van der Waals surface area contributed by atoms with Gasteiger partial charge in [0.25, 0.3) is 17.5 Å². The number of nitrogens with zero attached hydrogens (tertiary/aromatic N) is 6. The predicted molar refractivity (Wildman–Crippen MR) is 177 cm³/mol. The van der Waals surface area contributed by atoms with E-state index >= 15 is 0 Å². The summed E-state index contributed by atoms with van der Waals surface area (Å²) in [6, 6.07) is 27.1. The highest BCUT2D eigenvalue weighted by atomic mass is 32.2. The molecule has 1 aliphatic rings. The molecule has 13 heteroatoms. The summed E-state index contributed by atoms with van der Waals surface area (Å²) in [5, 5.41) is 31.4. The molecule has 2 aromatic heterocycles. The van der Waals surface area contributed by atoms with Crippen LogP contribution >= 0.6 is 23.1 Å². The zero-order chi connectivity index (χ0) is 32.0. The molecule has 0 saturated carbocycles. The molecule has 0 saturated heterocycles. The third kappa shape index (κ3) is 7.05.